The Morgan fingerprint density at radius 1 is 0.931 bits per heavy atom. The largest absolute Gasteiger partial charge is 0.489 e. The van der Waals surface area contributed by atoms with Crippen molar-refractivity contribution in [3.8, 4) is 11.5 Å². The summed E-state index contributed by atoms with van der Waals surface area (Å²) in [6.45, 7) is 0.852. The molecule has 1 heterocycles. The highest BCUT2D eigenvalue weighted by molar-refractivity contribution is 5.77. The molecule has 0 saturated heterocycles. The first-order valence-electron chi connectivity index (χ1n) is 9.39. The molecule has 0 radical (unpaired) electrons. The van der Waals surface area contributed by atoms with Crippen LogP contribution in [0.25, 0.3) is 0 Å². The van der Waals surface area contributed by atoms with Crippen LogP contribution in [0.3, 0.4) is 0 Å². The van der Waals surface area contributed by atoms with E-state index in [2.05, 4.69) is 10.3 Å². The normalized spacial score (nSPS) is 10.3. The Balaban J connectivity index is 1.43. The second-order valence-corrected chi connectivity index (χ2v) is 6.69. The number of amides is 1. The van der Waals surface area contributed by atoms with Gasteiger partial charge in [0.2, 0.25) is 0 Å². The molecule has 150 valence electrons. The molecule has 0 bridgehead atoms. The summed E-state index contributed by atoms with van der Waals surface area (Å²) in [5, 5.41) is 2.86. The lowest BCUT2D eigenvalue weighted by Gasteiger charge is -2.16. The molecule has 6 heteroatoms. The van der Waals surface area contributed by atoms with Crippen LogP contribution in [0, 0.1) is 0 Å². The monoisotopic (exact) mass is 391 g/mol. The number of nitrogens with one attached hydrogen (secondary N) is 1. The summed E-state index contributed by atoms with van der Waals surface area (Å²) in [6.07, 6.45) is 1.73. The molecule has 3 aromatic rings. The van der Waals surface area contributed by atoms with Crippen LogP contribution >= 0.6 is 0 Å². The lowest BCUT2D eigenvalue weighted by molar-refractivity contribution is -0.123. The van der Waals surface area contributed by atoms with Crippen molar-refractivity contribution in [2.24, 2.45) is 0 Å². The van der Waals surface area contributed by atoms with Crippen LogP contribution in [-0.2, 0) is 17.9 Å². The number of anilines is 1. The zero-order chi connectivity index (χ0) is 20.5. The zero-order valence-electron chi connectivity index (χ0n) is 16.7. The predicted octanol–water partition coefficient (Wildman–Crippen LogP) is 3.42. The van der Waals surface area contributed by atoms with Crippen molar-refractivity contribution in [2.45, 2.75) is 13.2 Å². The lowest BCUT2D eigenvalue weighted by atomic mass is 10.2. The van der Waals surface area contributed by atoms with Crippen LogP contribution in [0.2, 0.25) is 0 Å². The van der Waals surface area contributed by atoms with E-state index in [-0.39, 0.29) is 12.5 Å². The first-order valence-corrected chi connectivity index (χ1v) is 9.39. The van der Waals surface area contributed by atoms with Gasteiger partial charge < -0.3 is 19.7 Å². The Bertz CT molecular complexity index is 912. The van der Waals surface area contributed by atoms with E-state index in [9.17, 15) is 4.79 Å². The average molecular weight is 391 g/mol. The number of rotatable bonds is 9. The molecule has 0 aliphatic rings. The molecule has 6 nitrogen and oxygen atoms in total. The second-order valence-electron chi connectivity index (χ2n) is 6.69. The van der Waals surface area contributed by atoms with Gasteiger partial charge >= 0.3 is 0 Å². The zero-order valence-corrected chi connectivity index (χ0v) is 16.7. The third-order valence-electron chi connectivity index (χ3n) is 4.21. The van der Waals surface area contributed by atoms with E-state index in [1.165, 1.54) is 0 Å². The molecule has 0 fully saturated rings. The van der Waals surface area contributed by atoms with Crippen LogP contribution in [0.15, 0.2) is 72.9 Å². The summed E-state index contributed by atoms with van der Waals surface area (Å²) >= 11 is 0. The van der Waals surface area contributed by atoms with E-state index in [1.807, 2.05) is 73.6 Å². The Kier molecular flexibility index (Phi) is 7.05. The molecule has 0 aliphatic heterocycles. The van der Waals surface area contributed by atoms with E-state index in [1.54, 1.807) is 18.3 Å². The minimum atomic E-state index is -0.192. The van der Waals surface area contributed by atoms with Gasteiger partial charge in [-0.1, -0.05) is 36.4 Å². The molecule has 29 heavy (non-hydrogen) atoms. The maximum Gasteiger partial charge on any atom is 0.258 e. The maximum absolute atomic E-state index is 12.1. The van der Waals surface area contributed by atoms with Gasteiger partial charge in [-0.05, 0) is 35.9 Å². The number of carbonyl (C=O) groups excluding carboxylic acids is 1. The molecule has 1 N–H and O–H groups in total. The quantitative estimate of drug-likeness (QED) is 0.606. The minimum absolute atomic E-state index is 0.0538. The molecule has 0 aliphatic carbocycles. The summed E-state index contributed by atoms with van der Waals surface area (Å²) in [5.41, 5.74) is 2.06. The molecule has 0 saturated carbocycles. The molecule has 3 rings (SSSR count). The van der Waals surface area contributed by atoms with E-state index in [0.717, 1.165) is 22.7 Å². The molecule has 0 unspecified atom stereocenters. The van der Waals surface area contributed by atoms with Crippen molar-refractivity contribution in [2.75, 3.05) is 25.6 Å². The predicted molar refractivity (Wildman–Crippen MR) is 113 cm³/mol. The number of nitrogens with zero attached hydrogens (tertiary/aromatic N) is 2. The number of benzene rings is 2. The first kappa shape index (κ1) is 20.2. The fourth-order valence-corrected chi connectivity index (χ4v) is 2.74. The van der Waals surface area contributed by atoms with Crippen molar-refractivity contribution in [3.63, 3.8) is 0 Å². The van der Waals surface area contributed by atoms with Crippen LogP contribution in [0.5, 0.6) is 11.5 Å². The van der Waals surface area contributed by atoms with Gasteiger partial charge in [0.15, 0.2) is 6.61 Å². The van der Waals surface area contributed by atoms with Gasteiger partial charge in [-0.15, -0.1) is 0 Å². The van der Waals surface area contributed by atoms with E-state index < -0.39 is 0 Å². The fraction of sp³-hybridized carbons (Fsp3) is 0.217. The highest BCUT2D eigenvalue weighted by Crippen LogP contribution is 2.19. The molecule has 0 spiro atoms. The molecule has 0 atom stereocenters. The maximum atomic E-state index is 12.1. The van der Waals surface area contributed by atoms with Gasteiger partial charge in [-0.3, -0.25) is 4.79 Å². The molecule has 1 aromatic heterocycles. The van der Waals surface area contributed by atoms with Crippen LogP contribution in [0.4, 0.5) is 5.82 Å². The number of ether oxygens (including phenoxy) is 2. The van der Waals surface area contributed by atoms with Crippen molar-refractivity contribution >= 4 is 11.7 Å². The van der Waals surface area contributed by atoms with Crippen LogP contribution < -0.4 is 19.7 Å². The van der Waals surface area contributed by atoms with Crippen LogP contribution in [0.1, 0.15) is 11.1 Å². The van der Waals surface area contributed by atoms with Crippen LogP contribution in [-0.4, -0.2) is 31.6 Å². The van der Waals surface area contributed by atoms with E-state index in [0.29, 0.717) is 18.9 Å². The van der Waals surface area contributed by atoms with Gasteiger partial charge in [-0.25, -0.2) is 4.98 Å². The fourth-order valence-electron chi connectivity index (χ4n) is 2.74. The number of pyridine rings is 1. The Morgan fingerprint density at radius 2 is 1.62 bits per heavy atom. The van der Waals surface area contributed by atoms with Gasteiger partial charge in [-0.2, -0.15) is 0 Å². The number of aromatic nitrogens is 1. The number of hydrogen-bond donors (Lipinski definition) is 1. The minimum Gasteiger partial charge on any atom is -0.489 e. The highest BCUT2D eigenvalue weighted by atomic mass is 16.5. The van der Waals surface area contributed by atoms with Crippen molar-refractivity contribution in [3.05, 3.63) is 84.1 Å². The van der Waals surface area contributed by atoms with Gasteiger partial charge in [0.05, 0.1) is 0 Å². The number of carbonyl (C=O) groups is 1. The highest BCUT2D eigenvalue weighted by Gasteiger charge is 2.08. The Hall–Kier alpha value is -3.54. The van der Waals surface area contributed by atoms with Gasteiger partial charge in [0.25, 0.3) is 5.91 Å². The van der Waals surface area contributed by atoms with E-state index >= 15 is 0 Å². The smallest absolute Gasteiger partial charge is 0.258 e. The van der Waals surface area contributed by atoms with Crippen molar-refractivity contribution < 1.29 is 14.3 Å². The molecule has 1 amide bonds. The number of hydrogen-bond acceptors (Lipinski definition) is 5. The van der Waals surface area contributed by atoms with Crippen molar-refractivity contribution in [1.29, 1.82) is 0 Å². The molecule has 2 aromatic carbocycles. The van der Waals surface area contributed by atoms with Crippen molar-refractivity contribution in [1.82, 2.24) is 10.3 Å². The second kappa shape index (κ2) is 10.1. The first-order chi connectivity index (χ1) is 14.1. The summed E-state index contributed by atoms with van der Waals surface area (Å²) in [6, 6.07) is 21.0. The molecular weight excluding hydrogens is 366 g/mol. The third-order valence-corrected chi connectivity index (χ3v) is 4.21. The SMILES string of the molecule is CN(C)c1ncccc1CNC(=O)COc1ccc(OCc2ccccc2)cc1. The molecular formula is C23H25N3O3. The summed E-state index contributed by atoms with van der Waals surface area (Å²) in [7, 11) is 3.84. The third kappa shape index (κ3) is 6.24. The van der Waals surface area contributed by atoms with E-state index in [4.69, 9.17) is 9.47 Å². The average Bonchev–Trinajstić information content (AvgIpc) is 2.76. The van der Waals surface area contributed by atoms with Gasteiger partial charge in [0.1, 0.15) is 23.9 Å². The lowest BCUT2D eigenvalue weighted by Crippen LogP contribution is -2.29. The standard InChI is InChI=1S/C23H25N3O3/c1-26(2)23-19(9-6-14-24-23)15-25-22(27)17-29-21-12-10-20(11-13-21)28-16-18-7-4-3-5-8-18/h3-14H,15-17H2,1-2H3,(H,25,27). The topological polar surface area (TPSA) is 63.7 Å². The summed E-state index contributed by atoms with van der Waals surface area (Å²) in [4.78, 5) is 18.3. The van der Waals surface area contributed by atoms with Gasteiger partial charge in [0, 0.05) is 32.4 Å². The summed E-state index contributed by atoms with van der Waals surface area (Å²) < 4.78 is 11.3. The summed E-state index contributed by atoms with van der Waals surface area (Å²) in [5.74, 6) is 2.00. The Morgan fingerprint density at radius 3 is 2.31 bits per heavy atom. The Labute approximate surface area is 171 Å².